The molecular weight excluding hydrogens is 338 g/mol. The molecule has 1 saturated carbocycles. The summed E-state index contributed by atoms with van der Waals surface area (Å²) in [6, 6.07) is 17.0. The summed E-state index contributed by atoms with van der Waals surface area (Å²) in [6.45, 7) is -0.0701. The van der Waals surface area contributed by atoms with E-state index in [4.69, 9.17) is 10.00 Å². The van der Waals surface area contributed by atoms with E-state index in [1.807, 2.05) is 36.4 Å². The molecule has 5 heteroatoms. The molecule has 0 aliphatic heterocycles. The largest absolute Gasteiger partial charge is 0.484 e. The smallest absolute Gasteiger partial charge is 0.277 e. The first kappa shape index (κ1) is 17.0. The van der Waals surface area contributed by atoms with Gasteiger partial charge in [0.05, 0.1) is 11.6 Å². The standard InChI is InChI=1S/C22H19N3O2/c23-13-15-4-6-16(7-5-15)17-8-10-19(11-9-17)27-14-22(26)25-24-21-12-18-2-1-3-20(18)21/h1-2,4-11,18,20H,3,12,14H2,(H,25,26)/b24-21-/t18-,20-/m1/s1. The third-order valence-electron chi connectivity index (χ3n) is 5.06. The lowest BCUT2D eigenvalue weighted by Crippen LogP contribution is -2.36. The van der Waals surface area contributed by atoms with Crippen LogP contribution in [0.4, 0.5) is 0 Å². The van der Waals surface area contributed by atoms with Crippen molar-refractivity contribution in [2.45, 2.75) is 12.8 Å². The van der Waals surface area contributed by atoms with E-state index in [2.05, 4.69) is 28.7 Å². The molecule has 1 amide bonds. The van der Waals surface area contributed by atoms with Crippen LogP contribution in [0.1, 0.15) is 18.4 Å². The summed E-state index contributed by atoms with van der Waals surface area (Å²) in [5, 5.41) is 13.1. The molecule has 2 aliphatic carbocycles. The maximum atomic E-state index is 11.9. The highest BCUT2D eigenvalue weighted by atomic mass is 16.5. The molecule has 0 spiro atoms. The number of benzene rings is 2. The Morgan fingerprint density at radius 1 is 1.15 bits per heavy atom. The highest BCUT2D eigenvalue weighted by molar-refractivity contribution is 5.94. The predicted molar refractivity (Wildman–Crippen MR) is 103 cm³/mol. The number of hydrogen-bond donors (Lipinski definition) is 1. The van der Waals surface area contributed by atoms with E-state index < -0.39 is 0 Å². The summed E-state index contributed by atoms with van der Waals surface area (Å²) >= 11 is 0. The third-order valence-corrected chi connectivity index (χ3v) is 5.06. The van der Waals surface area contributed by atoms with Crippen molar-refractivity contribution in [3.63, 3.8) is 0 Å². The van der Waals surface area contributed by atoms with Crippen molar-refractivity contribution in [3.8, 4) is 22.9 Å². The van der Waals surface area contributed by atoms with Gasteiger partial charge in [0.1, 0.15) is 5.75 Å². The highest BCUT2D eigenvalue weighted by Gasteiger charge is 2.37. The second-order valence-electron chi connectivity index (χ2n) is 6.78. The summed E-state index contributed by atoms with van der Waals surface area (Å²) in [5.74, 6) is 1.47. The molecule has 4 rings (SSSR count). The Hall–Kier alpha value is -3.39. The van der Waals surface area contributed by atoms with E-state index in [0.29, 0.717) is 23.1 Å². The third kappa shape index (κ3) is 3.75. The lowest BCUT2D eigenvalue weighted by Gasteiger charge is -2.31. The molecule has 0 aromatic heterocycles. The molecule has 0 saturated heterocycles. The van der Waals surface area contributed by atoms with Gasteiger partial charge in [0.15, 0.2) is 6.61 Å². The molecule has 2 atom stereocenters. The molecule has 2 aliphatic rings. The topological polar surface area (TPSA) is 74.5 Å². The number of hydrogen-bond acceptors (Lipinski definition) is 4. The molecule has 0 radical (unpaired) electrons. The van der Waals surface area contributed by atoms with E-state index in [-0.39, 0.29) is 12.5 Å². The van der Waals surface area contributed by atoms with E-state index in [1.54, 1.807) is 12.1 Å². The minimum Gasteiger partial charge on any atom is -0.484 e. The van der Waals surface area contributed by atoms with Gasteiger partial charge in [0.2, 0.25) is 0 Å². The number of nitrogens with one attached hydrogen (secondary N) is 1. The summed E-state index contributed by atoms with van der Waals surface area (Å²) in [5.41, 5.74) is 6.34. The van der Waals surface area contributed by atoms with Gasteiger partial charge in [-0.3, -0.25) is 4.79 Å². The lowest BCUT2D eigenvalue weighted by molar-refractivity contribution is -0.123. The second-order valence-corrected chi connectivity index (χ2v) is 6.78. The van der Waals surface area contributed by atoms with Crippen LogP contribution in [0.25, 0.3) is 11.1 Å². The summed E-state index contributed by atoms with van der Waals surface area (Å²) in [7, 11) is 0. The fourth-order valence-corrected chi connectivity index (χ4v) is 3.46. The van der Waals surface area contributed by atoms with Crippen LogP contribution in [-0.4, -0.2) is 18.2 Å². The molecule has 134 valence electrons. The molecular formula is C22H19N3O2. The summed E-state index contributed by atoms with van der Waals surface area (Å²) in [4.78, 5) is 11.9. The van der Waals surface area contributed by atoms with Crippen molar-refractivity contribution in [1.82, 2.24) is 5.43 Å². The average Bonchev–Trinajstić information content (AvgIpc) is 3.08. The van der Waals surface area contributed by atoms with E-state index in [0.717, 1.165) is 29.7 Å². The van der Waals surface area contributed by atoms with Crippen LogP contribution in [-0.2, 0) is 4.79 Å². The Balaban J connectivity index is 1.27. The lowest BCUT2D eigenvalue weighted by atomic mass is 9.74. The molecule has 2 aromatic carbocycles. The zero-order chi connectivity index (χ0) is 18.6. The summed E-state index contributed by atoms with van der Waals surface area (Å²) < 4.78 is 5.53. The maximum absolute atomic E-state index is 11.9. The Labute approximate surface area is 158 Å². The van der Waals surface area contributed by atoms with Crippen LogP contribution in [0.5, 0.6) is 5.75 Å². The number of allylic oxidation sites excluding steroid dienone is 2. The Kier molecular flexibility index (Phi) is 4.71. The number of carbonyl (C=O) groups excluding carboxylic acids is 1. The number of hydrazone groups is 1. The summed E-state index contributed by atoms with van der Waals surface area (Å²) in [6.07, 6.45) is 6.39. The van der Waals surface area contributed by atoms with Gasteiger partial charge in [-0.05, 0) is 54.2 Å². The van der Waals surface area contributed by atoms with Gasteiger partial charge in [-0.15, -0.1) is 0 Å². The number of nitriles is 1. The minimum absolute atomic E-state index is 0.0701. The first-order valence-electron chi connectivity index (χ1n) is 8.98. The zero-order valence-electron chi connectivity index (χ0n) is 14.8. The molecule has 1 N–H and O–H groups in total. The van der Waals surface area contributed by atoms with Gasteiger partial charge in [-0.2, -0.15) is 10.4 Å². The molecule has 27 heavy (non-hydrogen) atoms. The number of fused-ring (bicyclic) bond motifs is 1. The van der Waals surface area contributed by atoms with Crippen LogP contribution >= 0.6 is 0 Å². The van der Waals surface area contributed by atoms with Crippen molar-refractivity contribution in [3.05, 3.63) is 66.2 Å². The average molecular weight is 357 g/mol. The monoisotopic (exact) mass is 357 g/mol. The molecule has 0 unspecified atom stereocenters. The van der Waals surface area contributed by atoms with Gasteiger partial charge in [0.25, 0.3) is 5.91 Å². The fraction of sp³-hybridized carbons (Fsp3) is 0.227. The Bertz CT molecular complexity index is 937. The van der Waals surface area contributed by atoms with Crippen LogP contribution in [0, 0.1) is 23.2 Å². The number of carbonyl (C=O) groups is 1. The minimum atomic E-state index is -0.256. The van der Waals surface area contributed by atoms with Gasteiger partial charge >= 0.3 is 0 Å². The Morgan fingerprint density at radius 3 is 2.52 bits per heavy atom. The first-order chi connectivity index (χ1) is 13.2. The molecule has 0 bridgehead atoms. The van der Waals surface area contributed by atoms with E-state index in [1.165, 1.54) is 0 Å². The van der Waals surface area contributed by atoms with E-state index >= 15 is 0 Å². The van der Waals surface area contributed by atoms with Crippen LogP contribution in [0.3, 0.4) is 0 Å². The highest BCUT2D eigenvalue weighted by Crippen LogP contribution is 2.40. The first-order valence-corrected chi connectivity index (χ1v) is 8.98. The van der Waals surface area contributed by atoms with Gasteiger partial charge in [0, 0.05) is 11.6 Å². The van der Waals surface area contributed by atoms with Crippen molar-refractivity contribution in [1.29, 1.82) is 5.26 Å². The predicted octanol–water partition coefficient (Wildman–Crippen LogP) is 3.67. The van der Waals surface area contributed by atoms with Crippen molar-refractivity contribution >= 4 is 11.6 Å². The fourth-order valence-electron chi connectivity index (χ4n) is 3.46. The number of ether oxygens (including phenoxy) is 1. The molecule has 1 fully saturated rings. The molecule has 2 aromatic rings. The molecule has 5 nitrogen and oxygen atoms in total. The van der Waals surface area contributed by atoms with Crippen LogP contribution in [0.15, 0.2) is 65.8 Å². The van der Waals surface area contributed by atoms with E-state index in [9.17, 15) is 4.79 Å². The van der Waals surface area contributed by atoms with Gasteiger partial charge in [-0.25, -0.2) is 5.43 Å². The SMILES string of the molecule is N#Cc1ccc(-c2ccc(OCC(=O)N/N=C3/C[C@H]4C=CC[C@@H]34)cc2)cc1. The van der Waals surface area contributed by atoms with Crippen molar-refractivity contribution < 1.29 is 9.53 Å². The quantitative estimate of drug-likeness (QED) is 0.655. The zero-order valence-corrected chi connectivity index (χ0v) is 14.8. The molecule has 0 heterocycles. The second kappa shape index (κ2) is 7.46. The maximum Gasteiger partial charge on any atom is 0.277 e. The van der Waals surface area contributed by atoms with Crippen LogP contribution < -0.4 is 10.2 Å². The normalized spacial score (nSPS) is 21.2. The van der Waals surface area contributed by atoms with Crippen molar-refractivity contribution in [2.75, 3.05) is 6.61 Å². The number of amides is 1. The number of nitrogens with zero attached hydrogens (tertiary/aromatic N) is 2. The number of rotatable bonds is 5. The van der Waals surface area contributed by atoms with Gasteiger partial charge in [-0.1, -0.05) is 36.4 Å². The van der Waals surface area contributed by atoms with Gasteiger partial charge < -0.3 is 4.74 Å². The Morgan fingerprint density at radius 2 is 1.85 bits per heavy atom. The van der Waals surface area contributed by atoms with Crippen molar-refractivity contribution in [2.24, 2.45) is 16.9 Å². The van der Waals surface area contributed by atoms with Crippen LogP contribution in [0.2, 0.25) is 0 Å².